The van der Waals surface area contributed by atoms with Gasteiger partial charge in [0.15, 0.2) is 0 Å². The minimum absolute atomic E-state index is 0.348. The third kappa shape index (κ3) is 4.50. The molecule has 0 saturated heterocycles. The van der Waals surface area contributed by atoms with E-state index in [-0.39, 0.29) is 0 Å². The summed E-state index contributed by atoms with van der Waals surface area (Å²) in [4.78, 5) is 0. The van der Waals surface area contributed by atoms with Crippen molar-refractivity contribution in [1.82, 2.24) is 0 Å². The van der Waals surface area contributed by atoms with Gasteiger partial charge in [-0.3, -0.25) is 0 Å². The summed E-state index contributed by atoms with van der Waals surface area (Å²) >= 11 is 0. The first-order chi connectivity index (χ1) is 11.1. The minimum atomic E-state index is 0.348. The predicted octanol–water partition coefficient (Wildman–Crippen LogP) is 6.24. The van der Waals surface area contributed by atoms with E-state index in [1.807, 2.05) is 0 Å². The zero-order valence-corrected chi connectivity index (χ0v) is 15.2. The highest BCUT2D eigenvalue weighted by Crippen LogP contribution is 2.42. The number of methoxy groups -OCH3 is 1. The molecule has 0 bridgehead atoms. The molecular formula is C22H31O. The predicted molar refractivity (Wildman–Crippen MR) is 99.1 cm³/mol. The Bertz CT molecular complexity index is 567. The van der Waals surface area contributed by atoms with Crippen molar-refractivity contribution < 1.29 is 4.74 Å². The Hall–Kier alpha value is -1.50. The fourth-order valence-electron chi connectivity index (χ4n) is 3.59. The molecule has 1 nitrogen and oxygen atoms in total. The van der Waals surface area contributed by atoms with E-state index in [2.05, 4.69) is 51.6 Å². The first-order valence-corrected chi connectivity index (χ1v) is 8.98. The zero-order valence-electron chi connectivity index (χ0n) is 15.2. The van der Waals surface area contributed by atoms with Crippen molar-refractivity contribution in [1.29, 1.82) is 0 Å². The number of rotatable bonds is 7. The van der Waals surface area contributed by atoms with Gasteiger partial charge >= 0.3 is 0 Å². The molecule has 1 unspecified atom stereocenters. The van der Waals surface area contributed by atoms with E-state index in [0.717, 1.165) is 12.2 Å². The van der Waals surface area contributed by atoms with Gasteiger partial charge in [0.25, 0.3) is 0 Å². The Kier molecular flexibility index (Phi) is 6.50. The Morgan fingerprint density at radius 2 is 2.17 bits per heavy atom. The lowest BCUT2D eigenvalue weighted by molar-refractivity contribution is 0.396. The summed E-state index contributed by atoms with van der Waals surface area (Å²) in [5.41, 5.74) is 5.26. The summed E-state index contributed by atoms with van der Waals surface area (Å²) in [6.07, 6.45) is 9.64. The third-order valence-corrected chi connectivity index (χ3v) is 5.00. The number of allylic oxidation sites excluding steroid dienone is 3. The normalized spacial score (nSPS) is 21.0. The Morgan fingerprint density at radius 1 is 1.39 bits per heavy atom. The highest BCUT2D eigenvalue weighted by Gasteiger charge is 2.28. The molecule has 23 heavy (non-hydrogen) atoms. The van der Waals surface area contributed by atoms with Crippen LogP contribution < -0.4 is 4.74 Å². The molecule has 1 aromatic rings. The van der Waals surface area contributed by atoms with E-state index >= 15 is 0 Å². The van der Waals surface area contributed by atoms with E-state index in [1.54, 1.807) is 7.11 Å². The van der Waals surface area contributed by atoms with Gasteiger partial charge in [-0.15, -0.1) is 0 Å². The fourth-order valence-corrected chi connectivity index (χ4v) is 3.59. The van der Waals surface area contributed by atoms with Crippen LogP contribution in [0.2, 0.25) is 0 Å². The van der Waals surface area contributed by atoms with Gasteiger partial charge in [0.2, 0.25) is 0 Å². The SMILES string of the molecule is C=C(C)[C@@H]1CCC(C)=CC1c1[c]cc(CCCCC)cc1OC. The van der Waals surface area contributed by atoms with Crippen LogP contribution in [0.4, 0.5) is 0 Å². The third-order valence-electron chi connectivity index (χ3n) is 5.00. The van der Waals surface area contributed by atoms with Crippen LogP contribution in [0, 0.1) is 12.0 Å². The molecule has 1 heteroatoms. The van der Waals surface area contributed by atoms with Gasteiger partial charge < -0.3 is 4.74 Å². The van der Waals surface area contributed by atoms with Crippen LogP contribution in [0.5, 0.6) is 5.75 Å². The number of ether oxygens (including phenoxy) is 1. The molecule has 0 aliphatic heterocycles. The van der Waals surface area contributed by atoms with Crippen LogP contribution in [0.25, 0.3) is 0 Å². The van der Waals surface area contributed by atoms with Crippen molar-refractivity contribution in [2.24, 2.45) is 5.92 Å². The van der Waals surface area contributed by atoms with Crippen LogP contribution in [-0.2, 0) is 6.42 Å². The smallest absolute Gasteiger partial charge is 0.123 e. The molecule has 1 aromatic carbocycles. The largest absolute Gasteiger partial charge is 0.496 e. The molecular weight excluding hydrogens is 280 g/mol. The molecule has 1 radical (unpaired) electrons. The quantitative estimate of drug-likeness (QED) is 0.427. The lowest BCUT2D eigenvalue weighted by Gasteiger charge is -2.31. The van der Waals surface area contributed by atoms with E-state index in [1.165, 1.54) is 54.4 Å². The lowest BCUT2D eigenvalue weighted by atomic mass is 9.74. The summed E-state index contributed by atoms with van der Waals surface area (Å²) in [5, 5.41) is 0. The van der Waals surface area contributed by atoms with Crippen LogP contribution in [0.15, 0.2) is 35.9 Å². The number of benzene rings is 1. The Balaban J connectivity index is 2.29. The molecule has 0 aromatic heterocycles. The van der Waals surface area contributed by atoms with Crippen molar-refractivity contribution in [3.63, 3.8) is 0 Å². The van der Waals surface area contributed by atoms with Gasteiger partial charge in [-0.25, -0.2) is 0 Å². The molecule has 0 heterocycles. The van der Waals surface area contributed by atoms with Gasteiger partial charge in [0.1, 0.15) is 5.75 Å². The van der Waals surface area contributed by atoms with E-state index in [4.69, 9.17) is 4.74 Å². The topological polar surface area (TPSA) is 9.23 Å². The summed E-state index contributed by atoms with van der Waals surface area (Å²) in [6, 6.07) is 7.93. The van der Waals surface area contributed by atoms with Crippen LogP contribution in [0.3, 0.4) is 0 Å². The first-order valence-electron chi connectivity index (χ1n) is 8.98. The standard InChI is InChI=1S/C22H31O/c1-6-7-8-9-18-11-13-20(22(15-18)23-5)21-14-17(4)10-12-19(21)16(2)3/h11,14-15,19,21H,2,6-10,12H2,1,3-5H3/t19-,21?/m0/s1. The molecule has 2 atom stereocenters. The van der Waals surface area contributed by atoms with Crippen LogP contribution in [0.1, 0.15) is 69.9 Å². The number of hydrogen-bond acceptors (Lipinski definition) is 1. The second kappa shape index (κ2) is 8.38. The van der Waals surface area contributed by atoms with Crippen LogP contribution in [-0.4, -0.2) is 7.11 Å². The molecule has 1 aliphatic carbocycles. The van der Waals surface area contributed by atoms with Gasteiger partial charge in [-0.2, -0.15) is 0 Å². The van der Waals surface area contributed by atoms with Crippen molar-refractivity contribution >= 4 is 0 Å². The maximum absolute atomic E-state index is 5.72. The highest BCUT2D eigenvalue weighted by molar-refractivity contribution is 5.43. The Morgan fingerprint density at radius 3 is 2.83 bits per heavy atom. The summed E-state index contributed by atoms with van der Waals surface area (Å²) < 4.78 is 5.72. The van der Waals surface area contributed by atoms with Gasteiger partial charge in [0, 0.05) is 11.5 Å². The summed E-state index contributed by atoms with van der Waals surface area (Å²) in [6.45, 7) is 10.8. The number of unbranched alkanes of at least 4 members (excludes halogenated alkanes) is 2. The molecule has 0 spiro atoms. The molecule has 2 rings (SSSR count). The average Bonchev–Trinajstić information content (AvgIpc) is 2.54. The van der Waals surface area contributed by atoms with E-state index < -0.39 is 0 Å². The number of hydrogen-bond donors (Lipinski definition) is 0. The summed E-state index contributed by atoms with van der Waals surface area (Å²) in [7, 11) is 1.78. The lowest BCUT2D eigenvalue weighted by Crippen LogP contribution is -2.17. The zero-order chi connectivity index (χ0) is 16.8. The number of aryl methyl sites for hydroxylation is 1. The molecule has 1 aliphatic rings. The second-order valence-corrected chi connectivity index (χ2v) is 6.98. The monoisotopic (exact) mass is 311 g/mol. The Labute approximate surface area is 142 Å². The minimum Gasteiger partial charge on any atom is -0.496 e. The van der Waals surface area contributed by atoms with Crippen molar-refractivity contribution in [3.8, 4) is 5.75 Å². The molecule has 0 fully saturated rings. The van der Waals surface area contributed by atoms with E-state index in [9.17, 15) is 0 Å². The van der Waals surface area contributed by atoms with Gasteiger partial charge in [-0.1, -0.05) is 49.6 Å². The molecule has 0 amide bonds. The highest BCUT2D eigenvalue weighted by atomic mass is 16.5. The van der Waals surface area contributed by atoms with Gasteiger partial charge in [-0.05, 0) is 63.1 Å². The first kappa shape index (κ1) is 17.8. The maximum atomic E-state index is 5.72. The summed E-state index contributed by atoms with van der Waals surface area (Å²) in [5.74, 6) is 1.83. The molecule has 125 valence electrons. The van der Waals surface area contributed by atoms with E-state index in [0.29, 0.717) is 11.8 Å². The second-order valence-electron chi connectivity index (χ2n) is 6.98. The van der Waals surface area contributed by atoms with Crippen LogP contribution >= 0.6 is 0 Å². The van der Waals surface area contributed by atoms with Crippen molar-refractivity contribution in [2.45, 2.75) is 65.2 Å². The van der Waals surface area contributed by atoms with Gasteiger partial charge in [0.05, 0.1) is 7.11 Å². The molecule has 0 N–H and O–H groups in total. The average molecular weight is 311 g/mol. The maximum Gasteiger partial charge on any atom is 0.123 e. The molecule has 0 saturated carbocycles. The fraction of sp³-hybridized carbons (Fsp3) is 0.545. The van der Waals surface area contributed by atoms with Crippen molar-refractivity contribution in [2.75, 3.05) is 7.11 Å². The van der Waals surface area contributed by atoms with Crippen molar-refractivity contribution in [3.05, 3.63) is 53.1 Å².